The first-order valence-electron chi connectivity index (χ1n) is 4.99. The Balaban J connectivity index is 3.19. The van der Waals surface area contributed by atoms with Gasteiger partial charge < -0.3 is 10.8 Å². The monoisotopic (exact) mass is 267 g/mol. The highest BCUT2D eigenvalue weighted by atomic mass is 35.5. The molecule has 0 spiro atoms. The number of rotatable bonds is 4. The minimum Gasteiger partial charge on any atom is -0.386 e. The Morgan fingerprint density at radius 3 is 2.47 bits per heavy atom. The van der Waals surface area contributed by atoms with Gasteiger partial charge in [0.05, 0.1) is 0 Å². The van der Waals surface area contributed by atoms with Gasteiger partial charge in [0.1, 0.15) is 11.9 Å². The number of halogens is 4. The highest BCUT2D eigenvalue weighted by Gasteiger charge is 2.40. The molecule has 1 aromatic rings. The zero-order valence-corrected chi connectivity index (χ0v) is 9.89. The lowest BCUT2D eigenvalue weighted by Gasteiger charge is -2.27. The highest BCUT2D eigenvalue weighted by Crippen LogP contribution is 2.34. The molecule has 0 aromatic heterocycles. The number of hydrogen-bond acceptors (Lipinski definition) is 2. The number of nitrogens with two attached hydrogens (primary N) is 1. The Morgan fingerprint density at radius 1 is 1.47 bits per heavy atom. The average molecular weight is 268 g/mol. The number of hydrogen-bond donors (Lipinski definition) is 2. The fraction of sp³-hybridized carbons (Fsp3) is 0.455. The van der Waals surface area contributed by atoms with Crippen molar-refractivity contribution in [3.05, 3.63) is 34.6 Å². The molecule has 2 unspecified atom stereocenters. The molecule has 0 bridgehead atoms. The lowest BCUT2D eigenvalue weighted by Crippen LogP contribution is -2.39. The van der Waals surface area contributed by atoms with Crippen LogP contribution in [0.25, 0.3) is 0 Å². The second kappa shape index (κ2) is 5.25. The van der Waals surface area contributed by atoms with Gasteiger partial charge in [-0.15, -0.1) is 0 Å². The van der Waals surface area contributed by atoms with Crippen LogP contribution in [0.5, 0.6) is 0 Å². The SMILES string of the molecule is CC(F)(F)C(O)C(CN)c1c(F)cccc1Cl. The first-order chi connectivity index (χ1) is 7.79. The standard InChI is InChI=1S/C11H13ClF3NO/c1-11(14,15)10(17)6(5-16)9-7(12)3-2-4-8(9)13/h2-4,6,10,17H,5,16H2,1H3. The van der Waals surface area contributed by atoms with Crippen LogP contribution in [0.4, 0.5) is 13.2 Å². The summed E-state index contributed by atoms with van der Waals surface area (Å²) in [5, 5.41) is 9.47. The van der Waals surface area contributed by atoms with Crippen molar-refractivity contribution in [1.29, 1.82) is 0 Å². The quantitative estimate of drug-likeness (QED) is 0.881. The van der Waals surface area contributed by atoms with E-state index >= 15 is 0 Å². The predicted octanol–water partition coefficient (Wildman–Crippen LogP) is 2.54. The molecule has 96 valence electrons. The van der Waals surface area contributed by atoms with Gasteiger partial charge in [0.25, 0.3) is 5.92 Å². The van der Waals surface area contributed by atoms with Gasteiger partial charge in [0.2, 0.25) is 0 Å². The molecule has 6 heteroatoms. The Bertz CT molecular complexity index is 375. The molecule has 0 radical (unpaired) electrons. The molecule has 2 atom stereocenters. The van der Waals surface area contributed by atoms with E-state index in [0.29, 0.717) is 6.92 Å². The van der Waals surface area contributed by atoms with Crippen LogP contribution in [0.3, 0.4) is 0 Å². The van der Waals surface area contributed by atoms with Crippen LogP contribution in [-0.2, 0) is 0 Å². The van der Waals surface area contributed by atoms with E-state index in [9.17, 15) is 18.3 Å². The normalized spacial score (nSPS) is 15.7. The van der Waals surface area contributed by atoms with Gasteiger partial charge in [-0.3, -0.25) is 0 Å². The van der Waals surface area contributed by atoms with E-state index in [2.05, 4.69) is 0 Å². The summed E-state index contributed by atoms with van der Waals surface area (Å²) in [5.41, 5.74) is 5.15. The summed E-state index contributed by atoms with van der Waals surface area (Å²) in [6.45, 7) is 0.223. The van der Waals surface area contributed by atoms with Gasteiger partial charge in [0.15, 0.2) is 0 Å². The van der Waals surface area contributed by atoms with Crippen LogP contribution < -0.4 is 5.73 Å². The largest absolute Gasteiger partial charge is 0.386 e. The number of aliphatic hydroxyl groups is 1. The van der Waals surface area contributed by atoms with Crippen LogP contribution in [0.15, 0.2) is 18.2 Å². The Hall–Kier alpha value is -0.780. The van der Waals surface area contributed by atoms with E-state index in [4.69, 9.17) is 17.3 Å². The van der Waals surface area contributed by atoms with Crippen molar-refractivity contribution < 1.29 is 18.3 Å². The van der Waals surface area contributed by atoms with Crippen LogP contribution >= 0.6 is 11.6 Å². The first kappa shape index (κ1) is 14.3. The van der Waals surface area contributed by atoms with Crippen molar-refractivity contribution in [3.63, 3.8) is 0 Å². The summed E-state index contributed by atoms with van der Waals surface area (Å²) in [5.74, 6) is -5.38. The number of alkyl halides is 2. The summed E-state index contributed by atoms with van der Waals surface area (Å²) in [6.07, 6.45) is -2.08. The van der Waals surface area contributed by atoms with Gasteiger partial charge in [-0.25, -0.2) is 13.2 Å². The Morgan fingerprint density at radius 2 is 2.06 bits per heavy atom. The van der Waals surface area contributed by atoms with Crippen LogP contribution in [-0.4, -0.2) is 23.7 Å². The molecule has 1 aromatic carbocycles. The lowest BCUT2D eigenvalue weighted by atomic mass is 9.90. The van der Waals surface area contributed by atoms with Crippen LogP contribution in [0, 0.1) is 5.82 Å². The molecule has 0 aliphatic carbocycles. The van der Waals surface area contributed by atoms with E-state index in [1.165, 1.54) is 12.1 Å². The molecule has 2 nitrogen and oxygen atoms in total. The zero-order valence-electron chi connectivity index (χ0n) is 9.13. The molecule has 1 rings (SSSR count). The van der Waals surface area contributed by atoms with Gasteiger partial charge in [-0.2, -0.15) is 0 Å². The van der Waals surface area contributed by atoms with E-state index in [1.54, 1.807) is 0 Å². The molecule has 0 fully saturated rings. The molecule has 0 aliphatic rings. The van der Waals surface area contributed by atoms with Crippen molar-refractivity contribution in [3.8, 4) is 0 Å². The van der Waals surface area contributed by atoms with Crippen molar-refractivity contribution >= 4 is 11.6 Å². The average Bonchev–Trinajstić information content (AvgIpc) is 2.21. The van der Waals surface area contributed by atoms with Gasteiger partial charge in [-0.1, -0.05) is 17.7 Å². The third-order valence-electron chi connectivity index (χ3n) is 2.52. The summed E-state index contributed by atoms with van der Waals surface area (Å²) in [4.78, 5) is 0. The summed E-state index contributed by atoms with van der Waals surface area (Å²) in [6, 6.07) is 3.80. The molecule has 3 N–H and O–H groups in total. The molecule has 0 amide bonds. The van der Waals surface area contributed by atoms with Crippen LogP contribution in [0.1, 0.15) is 18.4 Å². The van der Waals surface area contributed by atoms with E-state index in [-0.39, 0.29) is 17.1 Å². The van der Waals surface area contributed by atoms with Gasteiger partial charge >= 0.3 is 0 Å². The molecular formula is C11H13ClF3NO. The zero-order chi connectivity index (χ0) is 13.2. The molecule has 17 heavy (non-hydrogen) atoms. The molecule has 0 heterocycles. The maximum Gasteiger partial charge on any atom is 0.271 e. The van der Waals surface area contributed by atoms with Crippen molar-refractivity contribution in [2.75, 3.05) is 6.54 Å². The van der Waals surface area contributed by atoms with Crippen molar-refractivity contribution in [1.82, 2.24) is 0 Å². The topological polar surface area (TPSA) is 46.2 Å². The molecule has 0 saturated carbocycles. The van der Waals surface area contributed by atoms with E-state index in [0.717, 1.165) is 6.07 Å². The van der Waals surface area contributed by atoms with E-state index < -0.39 is 23.8 Å². The minimum absolute atomic E-state index is 0.0243. The lowest BCUT2D eigenvalue weighted by molar-refractivity contribution is -0.103. The fourth-order valence-electron chi connectivity index (χ4n) is 1.62. The Labute approximate surface area is 102 Å². The van der Waals surface area contributed by atoms with Gasteiger partial charge in [0, 0.05) is 30.0 Å². The minimum atomic E-state index is -3.38. The Kier molecular flexibility index (Phi) is 4.41. The second-order valence-electron chi connectivity index (χ2n) is 3.88. The maximum atomic E-state index is 13.5. The van der Waals surface area contributed by atoms with Crippen molar-refractivity contribution in [2.24, 2.45) is 5.73 Å². The summed E-state index contributed by atoms with van der Waals surface area (Å²) in [7, 11) is 0. The van der Waals surface area contributed by atoms with Gasteiger partial charge in [-0.05, 0) is 12.1 Å². The fourth-order valence-corrected chi connectivity index (χ4v) is 1.93. The second-order valence-corrected chi connectivity index (χ2v) is 4.29. The smallest absolute Gasteiger partial charge is 0.271 e. The highest BCUT2D eigenvalue weighted by molar-refractivity contribution is 6.31. The number of aliphatic hydroxyl groups excluding tert-OH is 1. The third kappa shape index (κ3) is 3.12. The number of benzene rings is 1. The predicted molar refractivity (Wildman–Crippen MR) is 59.8 cm³/mol. The summed E-state index contributed by atoms with van der Waals surface area (Å²) >= 11 is 5.75. The van der Waals surface area contributed by atoms with Crippen molar-refractivity contribution in [2.45, 2.75) is 24.9 Å². The molecular weight excluding hydrogens is 255 g/mol. The van der Waals surface area contributed by atoms with E-state index in [1.807, 2.05) is 0 Å². The third-order valence-corrected chi connectivity index (χ3v) is 2.85. The maximum absolute atomic E-state index is 13.5. The molecule has 0 saturated heterocycles. The molecule has 0 aliphatic heterocycles. The van der Waals surface area contributed by atoms with Crippen LogP contribution in [0.2, 0.25) is 5.02 Å². The summed E-state index contributed by atoms with van der Waals surface area (Å²) < 4.78 is 39.6. The first-order valence-corrected chi connectivity index (χ1v) is 5.36.